The highest BCUT2D eigenvalue weighted by molar-refractivity contribution is 7.92. The van der Waals surface area contributed by atoms with E-state index in [1.54, 1.807) is 43.3 Å². The Morgan fingerprint density at radius 2 is 1.60 bits per heavy atom. The van der Waals surface area contributed by atoms with E-state index in [0.717, 1.165) is 9.87 Å². The molecular formula is C31H36Cl3N3O5S. The number of benzene rings is 3. The van der Waals surface area contributed by atoms with Crippen LogP contribution in [0.1, 0.15) is 45.2 Å². The molecule has 0 radical (unpaired) electrons. The van der Waals surface area contributed by atoms with Crippen molar-refractivity contribution in [3.63, 3.8) is 0 Å². The molecule has 3 aromatic rings. The van der Waals surface area contributed by atoms with Crippen LogP contribution in [0.2, 0.25) is 15.1 Å². The Balaban J connectivity index is 2.16. The summed E-state index contributed by atoms with van der Waals surface area (Å²) in [5.41, 5.74) is 0.978. The molecule has 0 aliphatic carbocycles. The van der Waals surface area contributed by atoms with Crippen LogP contribution in [-0.4, -0.2) is 50.4 Å². The smallest absolute Gasteiger partial charge is 0.264 e. The monoisotopic (exact) mass is 667 g/mol. The van der Waals surface area contributed by atoms with E-state index in [0.29, 0.717) is 10.6 Å². The number of hydrogen-bond acceptors (Lipinski definition) is 5. The van der Waals surface area contributed by atoms with Crippen LogP contribution in [0.4, 0.5) is 5.69 Å². The summed E-state index contributed by atoms with van der Waals surface area (Å²) in [5.74, 6) is -0.808. The number of hydrogen-bond donors (Lipinski definition) is 1. The summed E-state index contributed by atoms with van der Waals surface area (Å²) < 4.78 is 34.7. The Bertz CT molecular complexity index is 1570. The Hall–Kier alpha value is -2.98. The van der Waals surface area contributed by atoms with E-state index in [1.165, 1.54) is 36.3 Å². The van der Waals surface area contributed by atoms with Crippen molar-refractivity contribution in [2.75, 3.05) is 18.0 Å². The van der Waals surface area contributed by atoms with Crippen LogP contribution in [-0.2, 0) is 26.2 Å². The molecule has 0 aliphatic heterocycles. The van der Waals surface area contributed by atoms with Gasteiger partial charge in [-0.05, 0) is 82.1 Å². The van der Waals surface area contributed by atoms with Gasteiger partial charge in [0.25, 0.3) is 10.0 Å². The second-order valence-electron chi connectivity index (χ2n) is 11.1. The Labute approximate surface area is 268 Å². The molecular weight excluding hydrogens is 633 g/mol. The van der Waals surface area contributed by atoms with Gasteiger partial charge in [0.15, 0.2) is 0 Å². The molecule has 232 valence electrons. The fourth-order valence-electron chi connectivity index (χ4n) is 4.42. The van der Waals surface area contributed by atoms with Crippen LogP contribution < -0.4 is 14.4 Å². The second-order valence-corrected chi connectivity index (χ2v) is 14.2. The lowest BCUT2D eigenvalue weighted by molar-refractivity contribution is -0.141. The molecule has 0 saturated carbocycles. The van der Waals surface area contributed by atoms with E-state index in [-0.39, 0.29) is 45.3 Å². The Kier molecular flexibility index (Phi) is 11.4. The highest BCUT2D eigenvalue weighted by Gasteiger charge is 2.35. The van der Waals surface area contributed by atoms with Gasteiger partial charge in [-0.2, -0.15) is 0 Å². The molecule has 43 heavy (non-hydrogen) atoms. The maximum atomic E-state index is 14.3. The average molecular weight is 669 g/mol. The van der Waals surface area contributed by atoms with Crippen molar-refractivity contribution in [1.29, 1.82) is 0 Å². The molecule has 0 aromatic heterocycles. The molecule has 0 fully saturated rings. The zero-order valence-corrected chi connectivity index (χ0v) is 28.0. The van der Waals surface area contributed by atoms with E-state index in [9.17, 15) is 18.0 Å². The van der Waals surface area contributed by atoms with E-state index in [4.69, 9.17) is 39.5 Å². The van der Waals surface area contributed by atoms with Crippen LogP contribution in [0.25, 0.3) is 0 Å². The van der Waals surface area contributed by atoms with Gasteiger partial charge in [0.1, 0.15) is 18.3 Å². The maximum absolute atomic E-state index is 14.3. The number of sulfonamides is 1. The molecule has 12 heteroatoms. The number of amides is 2. The summed E-state index contributed by atoms with van der Waals surface area (Å²) in [7, 11) is -2.91. The minimum atomic E-state index is -4.31. The summed E-state index contributed by atoms with van der Waals surface area (Å²) in [5, 5.41) is 3.80. The first kappa shape index (κ1) is 34.5. The first-order chi connectivity index (χ1) is 20.1. The number of halogens is 3. The first-order valence-electron chi connectivity index (χ1n) is 13.6. The van der Waals surface area contributed by atoms with Crippen LogP contribution in [0, 0.1) is 6.92 Å². The number of methoxy groups -OCH3 is 1. The lowest BCUT2D eigenvalue weighted by Crippen LogP contribution is -2.55. The van der Waals surface area contributed by atoms with Crippen molar-refractivity contribution < 1.29 is 22.7 Å². The zero-order chi connectivity index (χ0) is 32.1. The molecule has 1 N–H and O–H groups in total. The topological polar surface area (TPSA) is 96.0 Å². The summed E-state index contributed by atoms with van der Waals surface area (Å²) in [6.07, 6.45) is 0.264. The molecule has 0 saturated heterocycles. The van der Waals surface area contributed by atoms with Gasteiger partial charge >= 0.3 is 0 Å². The number of aryl methyl sites for hydroxylation is 1. The molecule has 0 aliphatic rings. The second kappa shape index (κ2) is 14.2. The lowest BCUT2D eigenvalue weighted by atomic mass is 10.1. The summed E-state index contributed by atoms with van der Waals surface area (Å²) in [6, 6.07) is 14.8. The number of rotatable bonds is 11. The van der Waals surface area contributed by atoms with E-state index in [2.05, 4.69) is 5.32 Å². The van der Waals surface area contributed by atoms with Gasteiger partial charge in [0.2, 0.25) is 11.8 Å². The van der Waals surface area contributed by atoms with Gasteiger partial charge in [-0.3, -0.25) is 13.9 Å². The summed E-state index contributed by atoms with van der Waals surface area (Å²) in [6.45, 7) is 8.46. The summed E-state index contributed by atoms with van der Waals surface area (Å²) in [4.78, 5) is 29.1. The molecule has 0 bridgehead atoms. The van der Waals surface area contributed by atoms with Gasteiger partial charge < -0.3 is 15.0 Å². The number of nitrogens with zero attached hydrogens (tertiary/aromatic N) is 2. The number of anilines is 1. The maximum Gasteiger partial charge on any atom is 0.264 e. The standard InChI is InChI=1S/C31H36Cl3N3O5S/c1-7-26(30(39)35-31(3,4)5)36(18-21-10-14-24(33)25(34)16-21)29(38)19-37(27-17-22(32)11-15-28(27)42-6)43(40,41)23-12-8-20(2)9-13-23/h8-17,26H,7,18-19H2,1-6H3,(H,35,39). The highest BCUT2D eigenvalue weighted by atomic mass is 35.5. The normalized spacial score (nSPS) is 12.4. The first-order valence-corrected chi connectivity index (χ1v) is 16.1. The number of nitrogens with one attached hydrogen (secondary N) is 1. The SMILES string of the molecule is CCC(C(=O)NC(C)(C)C)N(Cc1ccc(Cl)c(Cl)c1)C(=O)CN(c1cc(Cl)ccc1OC)S(=O)(=O)c1ccc(C)cc1. The third-order valence-electron chi connectivity index (χ3n) is 6.52. The molecule has 3 aromatic carbocycles. The van der Waals surface area contributed by atoms with Crippen molar-refractivity contribution in [3.8, 4) is 5.75 Å². The van der Waals surface area contributed by atoms with Gasteiger partial charge in [-0.25, -0.2) is 8.42 Å². The van der Waals surface area contributed by atoms with Gasteiger partial charge in [0.05, 0.1) is 27.7 Å². The van der Waals surface area contributed by atoms with Gasteiger partial charge in [-0.1, -0.05) is 65.5 Å². The van der Waals surface area contributed by atoms with Crippen LogP contribution in [0.5, 0.6) is 5.75 Å². The number of carbonyl (C=O) groups is 2. The minimum Gasteiger partial charge on any atom is -0.495 e. The minimum absolute atomic E-state index is 0.0264. The number of carbonyl (C=O) groups excluding carboxylic acids is 2. The molecule has 2 amide bonds. The highest BCUT2D eigenvalue weighted by Crippen LogP contribution is 2.35. The lowest BCUT2D eigenvalue weighted by Gasteiger charge is -2.35. The zero-order valence-electron chi connectivity index (χ0n) is 24.9. The van der Waals surface area contributed by atoms with E-state index >= 15 is 0 Å². The molecule has 1 atom stereocenters. The predicted octanol–water partition coefficient (Wildman–Crippen LogP) is 6.88. The van der Waals surface area contributed by atoms with Crippen molar-refractivity contribution >= 4 is 62.3 Å². The fraction of sp³-hybridized carbons (Fsp3) is 0.355. The predicted molar refractivity (Wildman–Crippen MR) is 173 cm³/mol. The fourth-order valence-corrected chi connectivity index (χ4v) is 6.32. The van der Waals surface area contributed by atoms with Crippen molar-refractivity contribution in [1.82, 2.24) is 10.2 Å². The average Bonchev–Trinajstić information content (AvgIpc) is 2.92. The van der Waals surface area contributed by atoms with Crippen LogP contribution >= 0.6 is 34.8 Å². The molecule has 8 nitrogen and oxygen atoms in total. The third-order valence-corrected chi connectivity index (χ3v) is 9.27. The van der Waals surface area contributed by atoms with Crippen molar-refractivity contribution in [2.45, 2.75) is 64.1 Å². The van der Waals surface area contributed by atoms with Gasteiger partial charge in [-0.15, -0.1) is 0 Å². The van der Waals surface area contributed by atoms with Crippen molar-refractivity contribution in [3.05, 3.63) is 86.9 Å². The van der Waals surface area contributed by atoms with E-state index in [1.807, 2.05) is 27.7 Å². The van der Waals surface area contributed by atoms with Crippen LogP contribution in [0.15, 0.2) is 65.6 Å². The molecule has 0 spiro atoms. The Morgan fingerprint density at radius 1 is 0.953 bits per heavy atom. The van der Waals surface area contributed by atoms with E-state index < -0.39 is 34.1 Å². The molecule has 3 rings (SSSR count). The largest absolute Gasteiger partial charge is 0.495 e. The number of ether oxygens (including phenoxy) is 1. The molecule has 0 heterocycles. The molecule has 1 unspecified atom stereocenters. The Morgan fingerprint density at radius 3 is 2.16 bits per heavy atom. The van der Waals surface area contributed by atoms with Gasteiger partial charge in [0, 0.05) is 17.1 Å². The van der Waals surface area contributed by atoms with Crippen LogP contribution in [0.3, 0.4) is 0 Å². The summed E-state index contributed by atoms with van der Waals surface area (Å²) >= 11 is 18.7. The van der Waals surface area contributed by atoms with Crippen molar-refractivity contribution in [2.24, 2.45) is 0 Å². The quantitative estimate of drug-likeness (QED) is 0.240. The third kappa shape index (κ3) is 8.79.